The second-order valence-corrected chi connectivity index (χ2v) is 4.53. The maximum absolute atomic E-state index is 13.6. The van der Waals surface area contributed by atoms with Crippen LogP contribution in [0.5, 0.6) is 0 Å². The minimum Gasteiger partial charge on any atom is -0.364 e. The Morgan fingerprint density at radius 3 is 2.89 bits per heavy atom. The van der Waals surface area contributed by atoms with E-state index in [2.05, 4.69) is 10.5 Å². The molecule has 1 atom stereocenters. The largest absolute Gasteiger partial charge is 0.364 e. The van der Waals surface area contributed by atoms with Crippen molar-refractivity contribution in [2.24, 2.45) is 5.16 Å². The van der Waals surface area contributed by atoms with Crippen LogP contribution in [0.3, 0.4) is 0 Å². The summed E-state index contributed by atoms with van der Waals surface area (Å²) in [6.45, 7) is 0. The molecular weight excluding hydrogens is 258 g/mol. The lowest BCUT2D eigenvalue weighted by atomic mass is 10.2. The van der Waals surface area contributed by atoms with E-state index in [-0.39, 0.29) is 11.4 Å². The number of nitrogens with zero attached hydrogens (tertiary/aromatic N) is 1. The smallest absolute Gasteiger partial charge is 0.225 e. The van der Waals surface area contributed by atoms with Crippen LogP contribution in [0.15, 0.2) is 40.2 Å². The van der Waals surface area contributed by atoms with Crippen molar-refractivity contribution in [1.82, 2.24) is 5.32 Å². The summed E-state index contributed by atoms with van der Waals surface area (Å²) in [6.07, 6.45) is -0.421. The van der Waals surface area contributed by atoms with E-state index < -0.39 is 17.9 Å². The Morgan fingerprint density at radius 1 is 1.28 bits per heavy atom. The highest BCUT2D eigenvalue weighted by Gasteiger charge is 2.24. The van der Waals surface area contributed by atoms with Crippen LogP contribution in [-0.2, 0) is 4.84 Å². The van der Waals surface area contributed by atoms with E-state index in [0.29, 0.717) is 0 Å². The monoisotopic (exact) mass is 266 g/mol. The minimum atomic E-state index is -0.671. The summed E-state index contributed by atoms with van der Waals surface area (Å²) < 4.78 is 26.4. The molecule has 92 valence electrons. The molecule has 0 bridgehead atoms. The van der Waals surface area contributed by atoms with Crippen molar-refractivity contribution in [3.63, 3.8) is 0 Å². The molecule has 1 unspecified atom stereocenters. The first-order valence-electron chi connectivity index (χ1n) is 5.22. The van der Waals surface area contributed by atoms with Crippen molar-refractivity contribution in [2.45, 2.75) is 6.23 Å². The van der Waals surface area contributed by atoms with E-state index in [9.17, 15) is 8.78 Å². The molecule has 0 saturated heterocycles. The van der Waals surface area contributed by atoms with Gasteiger partial charge >= 0.3 is 0 Å². The van der Waals surface area contributed by atoms with E-state index in [1.165, 1.54) is 23.5 Å². The molecule has 3 nitrogen and oxygen atoms in total. The van der Waals surface area contributed by atoms with Crippen LogP contribution in [0.25, 0.3) is 0 Å². The number of thiophene rings is 1. The molecule has 0 fully saturated rings. The lowest BCUT2D eigenvalue weighted by Crippen LogP contribution is -2.24. The van der Waals surface area contributed by atoms with Crippen molar-refractivity contribution in [3.05, 3.63) is 57.8 Å². The second-order valence-electron chi connectivity index (χ2n) is 3.75. The third-order valence-electron chi connectivity index (χ3n) is 2.55. The van der Waals surface area contributed by atoms with Gasteiger partial charge in [0.1, 0.15) is 11.6 Å². The molecule has 2 aromatic rings. The molecular formula is C12H8F2N2OS. The predicted molar refractivity (Wildman–Crippen MR) is 64.2 cm³/mol. The van der Waals surface area contributed by atoms with Crippen LogP contribution in [0.1, 0.15) is 17.4 Å². The van der Waals surface area contributed by atoms with Gasteiger partial charge in [-0.15, -0.1) is 0 Å². The van der Waals surface area contributed by atoms with Gasteiger partial charge in [0.05, 0.1) is 5.56 Å². The molecule has 1 aromatic heterocycles. The van der Waals surface area contributed by atoms with Crippen molar-refractivity contribution < 1.29 is 13.6 Å². The molecule has 1 N–H and O–H groups in total. The fraction of sp³-hybridized carbons (Fsp3) is 0.0833. The number of benzene rings is 1. The Morgan fingerprint density at radius 2 is 2.17 bits per heavy atom. The second kappa shape index (κ2) is 4.38. The zero-order chi connectivity index (χ0) is 12.5. The van der Waals surface area contributed by atoms with Gasteiger partial charge in [-0.1, -0.05) is 5.16 Å². The van der Waals surface area contributed by atoms with Gasteiger partial charge in [0, 0.05) is 11.6 Å². The van der Waals surface area contributed by atoms with Gasteiger partial charge in [-0.3, -0.25) is 0 Å². The average Bonchev–Trinajstić information content (AvgIpc) is 2.99. The van der Waals surface area contributed by atoms with Crippen molar-refractivity contribution in [2.75, 3.05) is 0 Å². The van der Waals surface area contributed by atoms with Crippen molar-refractivity contribution in [3.8, 4) is 0 Å². The zero-order valence-corrected chi connectivity index (χ0v) is 9.88. The normalized spacial score (nSPS) is 18.1. The van der Waals surface area contributed by atoms with Gasteiger partial charge in [0.25, 0.3) is 0 Å². The highest BCUT2D eigenvalue weighted by molar-refractivity contribution is 7.07. The van der Waals surface area contributed by atoms with E-state index >= 15 is 0 Å². The molecule has 18 heavy (non-hydrogen) atoms. The summed E-state index contributed by atoms with van der Waals surface area (Å²) in [5.74, 6) is -1.02. The number of nitrogens with one attached hydrogen (secondary N) is 1. The highest BCUT2D eigenvalue weighted by Crippen LogP contribution is 2.23. The summed E-state index contributed by atoms with van der Waals surface area (Å²) in [5.41, 5.74) is 1.11. The molecule has 3 rings (SSSR count). The van der Waals surface area contributed by atoms with E-state index in [1.54, 1.807) is 0 Å². The number of rotatable bonds is 2. The maximum atomic E-state index is 13.6. The lowest BCUT2D eigenvalue weighted by Gasteiger charge is -2.08. The Hall–Kier alpha value is -1.95. The molecule has 0 amide bonds. The van der Waals surface area contributed by atoms with Crippen LogP contribution >= 0.6 is 11.3 Å². The van der Waals surface area contributed by atoms with Crippen molar-refractivity contribution in [1.29, 1.82) is 0 Å². The molecule has 0 aliphatic carbocycles. The minimum absolute atomic E-state index is 0.189. The fourth-order valence-electron chi connectivity index (χ4n) is 1.66. The van der Waals surface area contributed by atoms with Gasteiger partial charge in [0.2, 0.25) is 6.23 Å². The van der Waals surface area contributed by atoms with Crippen LogP contribution in [0, 0.1) is 11.6 Å². The topological polar surface area (TPSA) is 33.6 Å². The maximum Gasteiger partial charge on any atom is 0.225 e. The highest BCUT2D eigenvalue weighted by atomic mass is 32.1. The fourth-order valence-corrected chi connectivity index (χ4v) is 2.33. The van der Waals surface area contributed by atoms with Gasteiger partial charge in [-0.2, -0.15) is 11.3 Å². The van der Waals surface area contributed by atoms with Crippen LogP contribution in [0.2, 0.25) is 0 Å². The Balaban J connectivity index is 1.83. The summed E-state index contributed by atoms with van der Waals surface area (Å²) in [5, 5.41) is 10.6. The van der Waals surface area contributed by atoms with E-state index in [0.717, 1.165) is 11.6 Å². The molecule has 1 aliphatic heterocycles. The van der Waals surface area contributed by atoms with Crippen LogP contribution in [0.4, 0.5) is 8.78 Å². The molecule has 2 heterocycles. The van der Waals surface area contributed by atoms with Crippen LogP contribution in [-0.4, -0.2) is 5.84 Å². The van der Waals surface area contributed by atoms with E-state index in [1.807, 2.05) is 16.8 Å². The van der Waals surface area contributed by atoms with Gasteiger partial charge in [-0.25, -0.2) is 8.78 Å². The first-order chi connectivity index (χ1) is 8.74. The number of amidine groups is 1. The predicted octanol–water partition coefficient (Wildman–Crippen LogP) is 3.01. The SMILES string of the molecule is Fc1ccc(C2=NOC(c3ccsc3)N2)c(F)c1. The third-order valence-corrected chi connectivity index (χ3v) is 3.25. The van der Waals surface area contributed by atoms with Crippen molar-refractivity contribution >= 4 is 17.2 Å². The lowest BCUT2D eigenvalue weighted by molar-refractivity contribution is 0.0733. The molecule has 1 aromatic carbocycles. The number of halogens is 2. The number of hydrogen-bond acceptors (Lipinski definition) is 4. The molecule has 1 aliphatic rings. The Labute approximate surface area is 106 Å². The molecule has 0 radical (unpaired) electrons. The Bertz CT molecular complexity index is 598. The first kappa shape index (κ1) is 11.2. The Kier molecular flexibility index (Phi) is 2.71. The van der Waals surface area contributed by atoms with E-state index in [4.69, 9.17) is 4.84 Å². The zero-order valence-electron chi connectivity index (χ0n) is 9.06. The molecule has 0 spiro atoms. The first-order valence-corrected chi connectivity index (χ1v) is 6.16. The summed E-state index contributed by atoms with van der Waals surface area (Å²) >= 11 is 1.53. The average molecular weight is 266 g/mol. The third kappa shape index (κ3) is 1.95. The van der Waals surface area contributed by atoms with Gasteiger partial charge in [0.15, 0.2) is 5.84 Å². The quantitative estimate of drug-likeness (QED) is 0.906. The molecule has 6 heteroatoms. The van der Waals surface area contributed by atoms with Crippen LogP contribution < -0.4 is 5.32 Å². The number of oxime groups is 1. The summed E-state index contributed by atoms with van der Waals surface area (Å²) in [6, 6.07) is 5.22. The molecule has 0 saturated carbocycles. The summed E-state index contributed by atoms with van der Waals surface area (Å²) in [7, 11) is 0. The van der Waals surface area contributed by atoms with Gasteiger partial charge in [-0.05, 0) is 29.0 Å². The summed E-state index contributed by atoms with van der Waals surface area (Å²) in [4.78, 5) is 5.17. The van der Waals surface area contributed by atoms with Gasteiger partial charge < -0.3 is 10.2 Å². The standard InChI is InChI=1S/C12H8F2N2OS/c13-8-1-2-9(10(14)5-8)11-15-12(17-16-11)7-3-4-18-6-7/h1-6,12H,(H,15,16). The number of hydrogen-bond donors (Lipinski definition) is 1.